The Labute approximate surface area is 78.8 Å². The lowest BCUT2D eigenvalue weighted by atomic mass is 10.1. The summed E-state index contributed by atoms with van der Waals surface area (Å²) in [6.07, 6.45) is 0. The summed E-state index contributed by atoms with van der Waals surface area (Å²) in [6, 6.07) is 8.17. The average molecular weight is 190 g/mol. The van der Waals surface area contributed by atoms with Crippen LogP contribution >= 0.6 is 0 Å². The molecule has 2 rings (SSSR count). The lowest BCUT2D eigenvalue weighted by molar-refractivity contribution is 0.0695. The molecule has 0 unspecified atom stereocenters. The fraction of sp³-hybridized carbons (Fsp3) is 0. The molecule has 0 spiro atoms. The van der Waals surface area contributed by atoms with E-state index in [0.29, 0.717) is 5.56 Å². The standard InChI is InChI=1S/C10H6O4/c11-9(12)8-6-4-2-1-3-5-7(6)14-10(8)13/h1-5H,(H,11,12). The second-order valence-electron chi connectivity index (χ2n) is 2.76. The molecule has 0 saturated carbocycles. The summed E-state index contributed by atoms with van der Waals surface area (Å²) in [5, 5.41) is 8.77. The van der Waals surface area contributed by atoms with Crippen molar-refractivity contribution < 1.29 is 14.3 Å². The van der Waals surface area contributed by atoms with Gasteiger partial charge in [-0.15, -0.1) is 0 Å². The number of hydrogen-bond acceptors (Lipinski definition) is 3. The maximum Gasteiger partial charge on any atom is 0.351 e. The monoisotopic (exact) mass is 190 g/mol. The Morgan fingerprint density at radius 3 is 2.64 bits per heavy atom. The lowest BCUT2D eigenvalue weighted by Gasteiger charge is -1.88. The van der Waals surface area contributed by atoms with Gasteiger partial charge < -0.3 is 9.52 Å². The molecular weight excluding hydrogens is 184 g/mol. The summed E-state index contributed by atoms with van der Waals surface area (Å²) >= 11 is 0. The summed E-state index contributed by atoms with van der Waals surface area (Å²) in [5.74, 6) is -0.975. The Morgan fingerprint density at radius 2 is 1.93 bits per heavy atom. The summed E-state index contributed by atoms with van der Waals surface area (Å²) in [7, 11) is 0. The van der Waals surface area contributed by atoms with Gasteiger partial charge in [0.05, 0.1) is 0 Å². The first kappa shape index (κ1) is 8.50. The first-order chi connectivity index (χ1) is 6.70. The molecule has 2 aliphatic rings. The molecule has 0 aromatic heterocycles. The first-order valence-corrected chi connectivity index (χ1v) is 3.95. The first-order valence-electron chi connectivity index (χ1n) is 3.95. The van der Waals surface area contributed by atoms with Crippen LogP contribution in [0.25, 0.3) is 11.3 Å². The van der Waals surface area contributed by atoms with Crippen LogP contribution in [0.4, 0.5) is 0 Å². The molecule has 14 heavy (non-hydrogen) atoms. The van der Waals surface area contributed by atoms with Crippen molar-refractivity contribution in [1.29, 1.82) is 0 Å². The predicted octanol–water partition coefficient (Wildman–Crippen LogP) is 1.44. The van der Waals surface area contributed by atoms with Crippen LogP contribution in [-0.4, -0.2) is 11.1 Å². The minimum absolute atomic E-state index is 0.289. The molecule has 0 atom stereocenters. The molecule has 1 N–H and O–H groups in total. The van der Waals surface area contributed by atoms with E-state index >= 15 is 0 Å². The van der Waals surface area contributed by atoms with E-state index in [4.69, 9.17) is 9.52 Å². The van der Waals surface area contributed by atoms with Crippen molar-refractivity contribution >= 4 is 5.97 Å². The highest BCUT2D eigenvalue weighted by Gasteiger charge is 2.21. The Kier molecular flexibility index (Phi) is 1.81. The lowest BCUT2D eigenvalue weighted by Crippen LogP contribution is -2.08. The van der Waals surface area contributed by atoms with Crippen LogP contribution in [0.1, 0.15) is 10.4 Å². The minimum Gasteiger partial charge on any atom is -0.477 e. The molecule has 70 valence electrons. The van der Waals surface area contributed by atoms with E-state index in [2.05, 4.69) is 0 Å². The molecular formula is C10H6O4. The zero-order valence-corrected chi connectivity index (χ0v) is 7.06. The second-order valence-corrected chi connectivity index (χ2v) is 2.76. The Balaban J connectivity index is 2.84. The van der Waals surface area contributed by atoms with Crippen LogP contribution in [0.15, 0.2) is 39.5 Å². The number of rotatable bonds is 1. The molecule has 4 heteroatoms. The number of carboxylic acid groups (broad SMARTS) is 1. The van der Waals surface area contributed by atoms with Gasteiger partial charge in [-0.3, -0.25) is 0 Å². The van der Waals surface area contributed by atoms with Gasteiger partial charge in [-0.1, -0.05) is 24.3 Å². The van der Waals surface area contributed by atoms with E-state index in [-0.39, 0.29) is 11.3 Å². The Hall–Kier alpha value is -2.10. The van der Waals surface area contributed by atoms with Gasteiger partial charge in [-0.25, -0.2) is 9.59 Å². The van der Waals surface area contributed by atoms with E-state index < -0.39 is 11.6 Å². The summed E-state index contributed by atoms with van der Waals surface area (Å²) < 4.78 is 4.78. The molecule has 1 aliphatic carbocycles. The maximum atomic E-state index is 11.1. The second kappa shape index (κ2) is 2.99. The van der Waals surface area contributed by atoms with Gasteiger partial charge in [0.2, 0.25) is 0 Å². The fourth-order valence-electron chi connectivity index (χ4n) is 1.29. The van der Waals surface area contributed by atoms with E-state index in [1.165, 1.54) is 0 Å². The van der Waals surface area contributed by atoms with Crippen LogP contribution in [0.2, 0.25) is 0 Å². The van der Waals surface area contributed by atoms with Gasteiger partial charge in [-0.05, 0) is 6.07 Å². The van der Waals surface area contributed by atoms with Crippen LogP contribution < -0.4 is 5.63 Å². The van der Waals surface area contributed by atoms with Gasteiger partial charge in [0.15, 0.2) is 5.56 Å². The van der Waals surface area contributed by atoms with Crippen molar-refractivity contribution in [3.05, 3.63) is 46.3 Å². The Bertz CT molecular complexity index is 512. The number of carbonyl (C=O) groups is 1. The van der Waals surface area contributed by atoms with Crippen LogP contribution in [0.3, 0.4) is 0 Å². The van der Waals surface area contributed by atoms with Crippen LogP contribution in [0.5, 0.6) is 0 Å². The zero-order valence-electron chi connectivity index (χ0n) is 7.06. The van der Waals surface area contributed by atoms with Gasteiger partial charge in [0, 0.05) is 5.56 Å². The van der Waals surface area contributed by atoms with E-state index in [9.17, 15) is 9.59 Å². The molecule has 0 amide bonds. The molecule has 0 aromatic carbocycles. The van der Waals surface area contributed by atoms with Gasteiger partial charge >= 0.3 is 11.6 Å². The van der Waals surface area contributed by atoms with Crippen molar-refractivity contribution in [1.82, 2.24) is 0 Å². The third-order valence-electron chi connectivity index (χ3n) is 1.89. The summed E-state index contributed by atoms with van der Waals surface area (Å²) in [6.45, 7) is 0. The third-order valence-corrected chi connectivity index (χ3v) is 1.89. The van der Waals surface area contributed by atoms with Gasteiger partial charge in [0.25, 0.3) is 0 Å². The maximum absolute atomic E-state index is 11.1. The predicted molar refractivity (Wildman–Crippen MR) is 48.6 cm³/mol. The van der Waals surface area contributed by atoms with Crippen LogP contribution in [0, 0.1) is 0 Å². The molecule has 0 saturated heterocycles. The van der Waals surface area contributed by atoms with Gasteiger partial charge in [-0.2, -0.15) is 0 Å². The normalized spacial score (nSPS) is 10.3. The quantitative estimate of drug-likeness (QED) is 0.738. The van der Waals surface area contributed by atoms with Crippen molar-refractivity contribution in [3.63, 3.8) is 0 Å². The van der Waals surface area contributed by atoms with Crippen molar-refractivity contribution in [3.8, 4) is 11.3 Å². The third kappa shape index (κ3) is 1.17. The molecule has 0 radical (unpaired) electrons. The summed E-state index contributed by atoms with van der Waals surface area (Å²) in [5.41, 5.74) is -0.789. The molecule has 1 aliphatic heterocycles. The average Bonchev–Trinajstić information content (AvgIpc) is 2.31. The van der Waals surface area contributed by atoms with E-state index in [1.54, 1.807) is 30.3 Å². The number of hydrogen-bond donors (Lipinski definition) is 1. The Morgan fingerprint density at radius 1 is 1.21 bits per heavy atom. The molecule has 0 bridgehead atoms. The van der Waals surface area contributed by atoms with E-state index in [0.717, 1.165) is 0 Å². The largest absolute Gasteiger partial charge is 0.477 e. The fourth-order valence-corrected chi connectivity index (χ4v) is 1.29. The van der Waals surface area contributed by atoms with Crippen molar-refractivity contribution in [2.45, 2.75) is 0 Å². The van der Waals surface area contributed by atoms with E-state index in [1.807, 2.05) is 0 Å². The number of furan rings is 1. The van der Waals surface area contributed by atoms with Crippen LogP contribution in [-0.2, 0) is 0 Å². The highest BCUT2D eigenvalue weighted by Crippen LogP contribution is 2.22. The van der Waals surface area contributed by atoms with Gasteiger partial charge in [0.1, 0.15) is 5.76 Å². The van der Waals surface area contributed by atoms with Crippen molar-refractivity contribution in [2.24, 2.45) is 0 Å². The molecule has 0 aromatic rings. The molecule has 4 nitrogen and oxygen atoms in total. The molecule has 1 heterocycles. The molecule has 0 fully saturated rings. The SMILES string of the molecule is O=C(O)c1c2cccccc-2oc1=O. The smallest absolute Gasteiger partial charge is 0.351 e. The number of fused-ring (bicyclic) bond motifs is 1. The number of aromatic carboxylic acids is 1. The zero-order chi connectivity index (χ0) is 10.1. The van der Waals surface area contributed by atoms with Crippen molar-refractivity contribution in [2.75, 3.05) is 0 Å². The minimum atomic E-state index is -1.26. The summed E-state index contributed by atoms with van der Waals surface area (Å²) in [4.78, 5) is 21.9. The highest BCUT2D eigenvalue weighted by molar-refractivity contribution is 5.95. The number of carboxylic acids is 1. The topological polar surface area (TPSA) is 67.5 Å². The highest BCUT2D eigenvalue weighted by atomic mass is 16.4.